The fraction of sp³-hybridized carbons (Fsp3) is 0.286. The lowest BCUT2D eigenvalue weighted by Crippen LogP contribution is -2.16. The summed E-state index contributed by atoms with van der Waals surface area (Å²) in [5, 5.41) is 2.37. The zero-order valence-corrected chi connectivity index (χ0v) is 9.52. The van der Waals surface area contributed by atoms with E-state index in [1.807, 2.05) is 24.3 Å². The van der Waals surface area contributed by atoms with Gasteiger partial charge in [-0.3, -0.25) is 0 Å². The Hall–Kier alpha value is -1.54. The second-order valence-corrected chi connectivity index (χ2v) is 3.98. The molecule has 0 bridgehead atoms. The molecule has 0 aromatic heterocycles. The van der Waals surface area contributed by atoms with Gasteiger partial charge in [0.2, 0.25) is 0 Å². The maximum Gasteiger partial charge on any atom is 0.127 e. The lowest BCUT2D eigenvalue weighted by Gasteiger charge is -2.15. The maximum absolute atomic E-state index is 5.89. The van der Waals surface area contributed by atoms with E-state index in [1.54, 1.807) is 0 Å². The third-order valence-electron chi connectivity index (χ3n) is 2.65. The smallest absolute Gasteiger partial charge is 0.127 e. The van der Waals surface area contributed by atoms with Crippen molar-refractivity contribution in [3.63, 3.8) is 0 Å². The van der Waals surface area contributed by atoms with Gasteiger partial charge < -0.3 is 10.5 Å². The number of benzene rings is 2. The molecule has 2 aromatic carbocycles. The van der Waals surface area contributed by atoms with Gasteiger partial charge in [-0.1, -0.05) is 36.4 Å². The van der Waals surface area contributed by atoms with Gasteiger partial charge >= 0.3 is 0 Å². The number of hydrogen-bond acceptors (Lipinski definition) is 2. The molecule has 0 aliphatic heterocycles. The SMILES string of the molecule is CC(CCN)Oc1cccc2ccccc12. The van der Waals surface area contributed by atoms with Gasteiger partial charge in [0.05, 0.1) is 6.10 Å². The van der Waals surface area contributed by atoms with E-state index < -0.39 is 0 Å². The molecule has 2 nitrogen and oxygen atoms in total. The summed E-state index contributed by atoms with van der Waals surface area (Å²) in [5.74, 6) is 0.944. The van der Waals surface area contributed by atoms with Gasteiger partial charge in [0, 0.05) is 5.39 Å². The fourth-order valence-corrected chi connectivity index (χ4v) is 1.81. The van der Waals surface area contributed by atoms with E-state index in [-0.39, 0.29) is 6.10 Å². The summed E-state index contributed by atoms with van der Waals surface area (Å²) in [6.45, 7) is 2.71. The lowest BCUT2D eigenvalue weighted by atomic mass is 10.1. The predicted molar refractivity (Wildman–Crippen MR) is 67.7 cm³/mol. The van der Waals surface area contributed by atoms with Crippen molar-refractivity contribution >= 4 is 10.8 Å². The van der Waals surface area contributed by atoms with Gasteiger partial charge in [-0.05, 0) is 31.3 Å². The first-order valence-electron chi connectivity index (χ1n) is 5.66. The largest absolute Gasteiger partial charge is 0.490 e. The minimum atomic E-state index is 0.163. The first-order valence-corrected chi connectivity index (χ1v) is 5.66. The molecule has 2 rings (SSSR count). The van der Waals surface area contributed by atoms with Crippen molar-refractivity contribution in [2.75, 3.05) is 6.54 Å². The summed E-state index contributed by atoms with van der Waals surface area (Å²) >= 11 is 0. The summed E-state index contributed by atoms with van der Waals surface area (Å²) in [6.07, 6.45) is 1.04. The quantitative estimate of drug-likeness (QED) is 0.851. The molecule has 0 saturated carbocycles. The van der Waals surface area contributed by atoms with Crippen LogP contribution in [-0.4, -0.2) is 12.6 Å². The Balaban J connectivity index is 2.30. The Bertz CT molecular complexity index is 462. The van der Waals surface area contributed by atoms with Crippen LogP contribution in [0.4, 0.5) is 0 Å². The second-order valence-electron chi connectivity index (χ2n) is 3.98. The molecular weight excluding hydrogens is 198 g/mol. The molecule has 0 heterocycles. The van der Waals surface area contributed by atoms with Crippen LogP contribution in [0.5, 0.6) is 5.75 Å². The summed E-state index contributed by atoms with van der Waals surface area (Å²) in [6, 6.07) is 14.4. The first-order chi connectivity index (χ1) is 7.81. The van der Waals surface area contributed by atoms with Gasteiger partial charge in [-0.25, -0.2) is 0 Å². The molecule has 0 aliphatic carbocycles. The van der Waals surface area contributed by atoms with Crippen molar-refractivity contribution in [2.45, 2.75) is 19.4 Å². The molecule has 0 fully saturated rings. The van der Waals surface area contributed by atoms with E-state index >= 15 is 0 Å². The monoisotopic (exact) mass is 215 g/mol. The maximum atomic E-state index is 5.89. The van der Waals surface area contributed by atoms with Crippen LogP contribution in [-0.2, 0) is 0 Å². The van der Waals surface area contributed by atoms with E-state index in [0.29, 0.717) is 6.54 Å². The van der Waals surface area contributed by atoms with Gasteiger partial charge in [-0.2, -0.15) is 0 Å². The molecule has 2 N–H and O–H groups in total. The van der Waals surface area contributed by atoms with Crippen LogP contribution in [0.15, 0.2) is 42.5 Å². The van der Waals surface area contributed by atoms with Crippen LogP contribution in [0.2, 0.25) is 0 Å². The molecule has 0 saturated heterocycles. The second kappa shape index (κ2) is 4.99. The molecule has 0 aliphatic rings. The summed E-state index contributed by atoms with van der Waals surface area (Å²) in [7, 11) is 0. The van der Waals surface area contributed by atoms with Crippen molar-refractivity contribution in [1.29, 1.82) is 0 Å². The van der Waals surface area contributed by atoms with E-state index in [9.17, 15) is 0 Å². The lowest BCUT2D eigenvalue weighted by molar-refractivity contribution is 0.216. The molecule has 1 unspecified atom stereocenters. The Morgan fingerprint density at radius 1 is 1.12 bits per heavy atom. The van der Waals surface area contributed by atoms with Crippen LogP contribution in [0.3, 0.4) is 0 Å². The summed E-state index contributed by atoms with van der Waals surface area (Å²) < 4.78 is 5.89. The van der Waals surface area contributed by atoms with Gasteiger partial charge in [0.15, 0.2) is 0 Å². The Kier molecular flexibility index (Phi) is 3.42. The molecular formula is C14H17NO. The normalized spacial score (nSPS) is 12.6. The fourth-order valence-electron chi connectivity index (χ4n) is 1.81. The highest BCUT2D eigenvalue weighted by molar-refractivity contribution is 5.88. The van der Waals surface area contributed by atoms with Gasteiger partial charge in [0.1, 0.15) is 5.75 Å². The number of ether oxygens (including phenoxy) is 1. The first kappa shape index (κ1) is 11.0. The minimum Gasteiger partial charge on any atom is -0.490 e. The Morgan fingerprint density at radius 2 is 1.88 bits per heavy atom. The van der Waals surface area contributed by atoms with E-state index in [1.165, 1.54) is 5.39 Å². The molecule has 0 radical (unpaired) electrons. The molecule has 84 valence electrons. The van der Waals surface area contributed by atoms with Crippen molar-refractivity contribution in [2.24, 2.45) is 5.73 Å². The zero-order valence-electron chi connectivity index (χ0n) is 9.52. The van der Waals surface area contributed by atoms with Gasteiger partial charge in [0.25, 0.3) is 0 Å². The van der Waals surface area contributed by atoms with Gasteiger partial charge in [-0.15, -0.1) is 0 Å². The topological polar surface area (TPSA) is 35.2 Å². The van der Waals surface area contributed by atoms with Crippen LogP contribution in [0.25, 0.3) is 10.8 Å². The van der Waals surface area contributed by atoms with Crippen molar-refractivity contribution in [3.8, 4) is 5.75 Å². The highest BCUT2D eigenvalue weighted by Crippen LogP contribution is 2.26. The van der Waals surface area contributed by atoms with Crippen LogP contribution in [0.1, 0.15) is 13.3 Å². The van der Waals surface area contributed by atoms with Crippen LogP contribution < -0.4 is 10.5 Å². The van der Waals surface area contributed by atoms with E-state index in [0.717, 1.165) is 17.6 Å². The zero-order chi connectivity index (χ0) is 11.4. The molecule has 16 heavy (non-hydrogen) atoms. The molecule has 2 aromatic rings. The Morgan fingerprint density at radius 3 is 2.69 bits per heavy atom. The third-order valence-corrected chi connectivity index (χ3v) is 2.65. The van der Waals surface area contributed by atoms with Crippen molar-refractivity contribution in [3.05, 3.63) is 42.5 Å². The molecule has 0 spiro atoms. The highest BCUT2D eigenvalue weighted by atomic mass is 16.5. The standard InChI is InChI=1S/C14H17NO/c1-11(9-10-15)16-14-8-4-6-12-5-2-3-7-13(12)14/h2-8,11H,9-10,15H2,1H3. The van der Waals surface area contributed by atoms with Crippen LogP contribution >= 0.6 is 0 Å². The summed E-state index contributed by atoms with van der Waals surface area (Å²) in [5.41, 5.74) is 5.52. The predicted octanol–water partition coefficient (Wildman–Crippen LogP) is 2.96. The average Bonchev–Trinajstić information content (AvgIpc) is 2.30. The molecule has 0 amide bonds. The number of hydrogen-bond donors (Lipinski definition) is 1. The third kappa shape index (κ3) is 2.34. The molecule has 2 heteroatoms. The van der Waals surface area contributed by atoms with Crippen molar-refractivity contribution < 1.29 is 4.74 Å². The average molecular weight is 215 g/mol. The molecule has 1 atom stereocenters. The number of rotatable bonds is 4. The number of nitrogens with two attached hydrogens (primary N) is 1. The Labute approximate surface area is 96.0 Å². The summed E-state index contributed by atoms with van der Waals surface area (Å²) in [4.78, 5) is 0. The van der Waals surface area contributed by atoms with E-state index in [4.69, 9.17) is 10.5 Å². The minimum absolute atomic E-state index is 0.163. The highest BCUT2D eigenvalue weighted by Gasteiger charge is 2.05. The number of fused-ring (bicyclic) bond motifs is 1. The van der Waals surface area contributed by atoms with Crippen LogP contribution in [0, 0.1) is 0 Å². The van der Waals surface area contributed by atoms with Crippen molar-refractivity contribution in [1.82, 2.24) is 0 Å². The van der Waals surface area contributed by atoms with E-state index in [2.05, 4.69) is 25.1 Å².